The van der Waals surface area contributed by atoms with Crippen LogP contribution in [0.2, 0.25) is 0 Å². The minimum atomic E-state index is 0.280. The molecule has 0 aromatic rings. The highest BCUT2D eigenvalue weighted by Crippen LogP contribution is 2.10. The van der Waals surface area contributed by atoms with E-state index in [1.165, 1.54) is 0 Å². The molecule has 2 nitrogen and oxygen atoms in total. The minimum Gasteiger partial charge on any atom is -0.150 e. The van der Waals surface area contributed by atoms with E-state index >= 15 is 0 Å². The lowest BCUT2D eigenvalue weighted by atomic mass is 10.1. The van der Waals surface area contributed by atoms with E-state index in [1.807, 2.05) is 24.3 Å². The van der Waals surface area contributed by atoms with Crippen LogP contribution in [0, 0.1) is 10.8 Å². The SMILES string of the molecule is CC1C=CC=CC(CN=O)=C1. The van der Waals surface area contributed by atoms with Crippen LogP contribution in [-0.2, 0) is 0 Å². The van der Waals surface area contributed by atoms with Gasteiger partial charge in [0.25, 0.3) is 0 Å². The summed E-state index contributed by atoms with van der Waals surface area (Å²) in [4.78, 5) is 9.95. The van der Waals surface area contributed by atoms with E-state index in [9.17, 15) is 4.91 Å². The van der Waals surface area contributed by atoms with E-state index in [0.29, 0.717) is 5.92 Å². The van der Waals surface area contributed by atoms with Gasteiger partial charge in [-0.25, -0.2) is 0 Å². The highest BCUT2D eigenvalue weighted by molar-refractivity contribution is 5.28. The van der Waals surface area contributed by atoms with Gasteiger partial charge < -0.3 is 0 Å². The molecular formula is C9H11NO. The molecule has 0 amide bonds. The van der Waals surface area contributed by atoms with Crippen LogP contribution in [0.1, 0.15) is 6.92 Å². The van der Waals surface area contributed by atoms with Crippen LogP contribution in [0.5, 0.6) is 0 Å². The van der Waals surface area contributed by atoms with E-state index in [-0.39, 0.29) is 6.54 Å². The number of hydrogen-bond donors (Lipinski definition) is 0. The first-order valence-electron chi connectivity index (χ1n) is 3.67. The fraction of sp³-hybridized carbons (Fsp3) is 0.333. The third kappa shape index (κ3) is 2.50. The van der Waals surface area contributed by atoms with Crippen LogP contribution >= 0.6 is 0 Å². The summed E-state index contributed by atoms with van der Waals surface area (Å²) in [5.74, 6) is 0.404. The van der Waals surface area contributed by atoms with Crippen LogP contribution in [0.15, 0.2) is 41.1 Å². The summed E-state index contributed by atoms with van der Waals surface area (Å²) < 4.78 is 0. The predicted octanol–water partition coefficient (Wildman–Crippen LogP) is 2.44. The second kappa shape index (κ2) is 3.86. The Kier molecular flexibility index (Phi) is 2.78. The van der Waals surface area contributed by atoms with Gasteiger partial charge in [0.05, 0.1) is 0 Å². The van der Waals surface area contributed by atoms with Gasteiger partial charge >= 0.3 is 0 Å². The third-order valence-electron chi connectivity index (χ3n) is 1.56. The Hall–Kier alpha value is -1.18. The van der Waals surface area contributed by atoms with Crippen LogP contribution in [0.4, 0.5) is 0 Å². The van der Waals surface area contributed by atoms with E-state index in [1.54, 1.807) is 0 Å². The van der Waals surface area contributed by atoms with Gasteiger partial charge in [0, 0.05) is 0 Å². The Morgan fingerprint density at radius 3 is 3.09 bits per heavy atom. The monoisotopic (exact) mass is 149 g/mol. The predicted molar refractivity (Wildman–Crippen MR) is 46.2 cm³/mol. The van der Waals surface area contributed by atoms with Gasteiger partial charge in [-0.1, -0.05) is 42.5 Å². The Morgan fingerprint density at radius 2 is 2.36 bits per heavy atom. The Bertz CT molecular complexity index is 226. The van der Waals surface area contributed by atoms with E-state index in [0.717, 1.165) is 5.57 Å². The van der Waals surface area contributed by atoms with Crippen molar-refractivity contribution in [2.45, 2.75) is 6.92 Å². The molecule has 0 N–H and O–H groups in total. The summed E-state index contributed by atoms with van der Waals surface area (Å²) in [6.07, 6.45) is 9.95. The number of hydrogen-bond acceptors (Lipinski definition) is 2. The van der Waals surface area contributed by atoms with Gasteiger partial charge in [-0.2, -0.15) is 4.91 Å². The van der Waals surface area contributed by atoms with Gasteiger partial charge in [-0.05, 0) is 11.5 Å². The molecule has 0 saturated heterocycles. The average molecular weight is 149 g/mol. The van der Waals surface area contributed by atoms with Crippen molar-refractivity contribution in [1.29, 1.82) is 0 Å². The van der Waals surface area contributed by atoms with E-state index < -0.39 is 0 Å². The van der Waals surface area contributed by atoms with Crippen molar-refractivity contribution in [1.82, 2.24) is 0 Å². The second-order valence-electron chi connectivity index (χ2n) is 2.63. The molecule has 1 aliphatic rings. The first kappa shape index (κ1) is 7.92. The highest BCUT2D eigenvalue weighted by atomic mass is 16.3. The topological polar surface area (TPSA) is 29.4 Å². The molecule has 0 aliphatic heterocycles. The van der Waals surface area contributed by atoms with Crippen LogP contribution in [0.3, 0.4) is 0 Å². The molecule has 0 heterocycles. The van der Waals surface area contributed by atoms with Gasteiger partial charge in [0.15, 0.2) is 0 Å². The minimum absolute atomic E-state index is 0.280. The summed E-state index contributed by atoms with van der Waals surface area (Å²) in [7, 11) is 0. The zero-order chi connectivity index (χ0) is 8.10. The molecular weight excluding hydrogens is 138 g/mol. The molecule has 1 aliphatic carbocycles. The molecule has 1 rings (SSSR count). The van der Waals surface area contributed by atoms with E-state index in [2.05, 4.69) is 18.2 Å². The van der Waals surface area contributed by atoms with Crippen LogP contribution in [0.25, 0.3) is 0 Å². The molecule has 0 saturated carbocycles. The van der Waals surface area contributed by atoms with Gasteiger partial charge in [0.2, 0.25) is 0 Å². The van der Waals surface area contributed by atoms with Crippen LogP contribution in [-0.4, -0.2) is 6.54 Å². The van der Waals surface area contributed by atoms with Crippen molar-refractivity contribution >= 4 is 0 Å². The average Bonchev–Trinajstić information content (AvgIpc) is 2.15. The summed E-state index contributed by atoms with van der Waals surface area (Å²) in [5, 5.41) is 2.84. The van der Waals surface area contributed by atoms with Crippen molar-refractivity contribution in [2.24, 2.45) is 11.1 Å². The number of rotatable bonds is 2. The standard InChI is InChI=1S/C9H11NO/c1-8-4-2-3-5-9(6-8)7-10-11/h2-6,8H,7H2,1H3. The number of nitrogens with zero attached hydrogens (tertiary/aromatic N) is 1. The van der Waals surface area contributed by atoms with Crippen molar-refractivity contribution in [3.63, 3.8) is 0 Å². The molecule has 0 aromatic carbocycles. The second-order valence-corrected chi connectivity index (χ2v) is 2.63. The Morgan fingerprint density at radius 1 is 1.55 bits per heavy atom. The Balaban J connectivity index is 2.70. The lowest BCUT2D eigenvalue weighted by Gasteiger charge is -1.97. The normalized spacial score (nSPS) is 22.6. The first-order chi connectivity index (χ1) is 5.33. The zero-order valence-electron chi connectivity index (χ0n) is 6.53. The maximum absolute atomic E-state index is 9.95. The molecule has 0 radical (unpaired) electrons. The lowest BCUT2D eigenvalue weighted by molar-refractivity contribution is 0.925. The van der Waals surface area contributed by atoms with Crippen molar-refractivity contribution in [2.75, 3.05) is 6.54 Å². The zero-order valence-corrected chi connectivity index (χ0v) is 6.53. The quantitative estimate of drug-likeness (QED) is 0.554. The fourth-order valence-corrected chi connectivity index (χ4v) is 1.05. The number of nitroso groups, excluding NO2 is 1. The number of allylic oxidation sites excluding steroid dienone is 4. The molecule has 0 fully saturated rings. The summed E-state index contributed by atoms with van der Waals surface area (Å²) >= 11 is 0. The molecule has 0 spiro atoms. The highest BCUT2D eigenvalue weighted by Gasteiger charge is 1.98. The maximum Gasteiger partial charge on any atom is 0.106 e. The molecule has 58 valence electrons. The maximum atomic E-state index is 9.95. The molecule has 1 atom stereocenters. The first-order valence-corrected chi connectivity index (χ1v) is 3.67. The smallest absolute Gasteiger partial charge is 0.106 e. The molecule has 0 aromatic heterocycles. The lowest BCUT2D eigenvalue weighted by Crippen LogP contribution is -1.87. The molecule has 11 heavy (non-hydrogen) atoms. The van der Waals surface area contributed by atoms with Gasteiger partial charge in [-0.15, -0.1) is 0 Å². The summed E-state index contributed by atoms with van der Waals surface area (Å²) in [5.41, 5.74) is 0.998. The van der Waals surface area contributed by atoms with Crippen LogP contribution < -0.4 is 0 Å². The van der Waals surface area contributed by atoms with Crippen molar-refractivity contribution in [3.05, 3.63) is 40.9 Å². The van der Waals surface area contributed by atoms with Gasteiger partial charge in [0.1, 0.15) is 6.54 Å². The summed E-state index contributed by atoms with van der Waals surface area (Å²) in [6.45, 7) is 2.36. The largest absolute Gasteiger partial charge is 0.150 e. The molecule has 1 unspecified atom stereocenters. The van der Waals surface area contributed by atoms with Crippen molar-refractivity contribution in [3.8, 4) is 0 Å². The fourth-order valence-electron chi connectivity index (χ4n) is 1.05. The Labute approximate surface area is 66.3 Å². The molecule has 0 bridgehead atoms. The summed E-state index contributed by atoms with van der Waals surface area (Å²) in [6, 6.07) is 0. The molecule has 2 heteroatoms. The van der Waals surface area contributed by atoms with E-state index in [4.69, 9.17) is 0 Å². The third-order valence-corrected chi connectivity index (χ3v) is 1.56. The van der Waals surface area contributed by atoms with Gasteiger partial charge in [-0.3, -0.25) is 0 Å². The van der Waals surface area contributed by atoms with Crippen molar-refractivity contribution < 1.29 is 0 Å².